The van der Waals surface area contributed by atoms with Crippen LogP contribution in [0.25, 0.3) is 0 Å². The molecular weight excluding hydrogens is 260 g/mol. The van der Waals surface area contributed by atoms with Crippen LogP contribution in [0.1, 0.15) is 58.3 Å². The lowest BCUT2D eigenvalue weighted by Gasteiger charge is -2.57. The topological polar surface area (TPSA) is 37.3 Å². The van der Waals surface area contributed by atoms with Crippen molar-refractivity contribution in [2.45, 2.75) is 64.4 Å². The van der Waals surface area contributed by atoms with Gasteiger partial charge in [-0.05, 0) is 85.5 Å². The zero-order valence-corrected chi connectivity index (χ0v) is 13.0. The van der Waals surface area contributed by atoms with E-state index in [1.165, 1.54) is 31.3 Å². The van der Waals surface area contributed by atoms with Gasteiger partial charge in [0.2, 0.25) is 0 Å². The maximum absolute atomic E-state index is 11.8. The van der Waals surface area contributed by atoms with E-state index in [2.05, 4.69) is 6.92 Å². The molecule has 0 aromatic rings. The Morgan fingerprint density at radius 2 is 2.05 bits per heavy atom. The largest absolute Gasteiger partial charge is 0.393 e. The van der Waals surface area contributed by atoms with Gasteiger partial charge in [0, 0.05) is 6.42 Å². The van der Waals surface area contributed by atoms with Gasteiger partial charge >= 0.3 is 0 Å². The number of aliphatic hydroxyl groups is 1. The fourth-order valence-electron chi connectivity index (χ4n) is 7.32. The smallest absolute Gasteiger partial charge is 0.155 e. The van der Waals surface area contributed by atoms with Gasteiger partial charge in [-0.1, -0.05) is 12.5 Å². The van der Waals surface area contributed by atoms with Crippen LogP contribution in [0.15, 0.2) is 11.6 Å². The van der Waals surface area contributed by atoms with Crippen LogP contribution in [0.2, 0.25) is 0 Å². The summed E-state index contributed by atoms with van der Waals surface area (Å²) < 4.78 is 0. The molecule has 5 rings (SSSR count). The van der Waals surface area contributed by atoms with Crippen LogP contribution in [0.3, 0.4) is 0 Å². The van der Waals surface area contributed by atoms with E-state index in [0.717, 1.165) is 37.0 Å². The molecule has 0 saturated heterocycles. The van der Waals surface area contributed by atoms with Gasteiger partial charge in [-0.3, -0.25) is 4.79 Å². The Bertz CT molecular complexity index is 550. The monoisotopic (exact) mass is 286 g/mol. The van der Waals surface area contributed by atoms with Gasteiger partial charge in [0.15, 0.2) is 5.78 Å². The Morgan fingerprint density at radius 3 is 2.86 bits per heavy atom. The normalized spacial score (nSPS) is 57.7. The summed E-state index contributed by atoms with van der Waals surface area (Å²) in [5.41, 5.74) is 2.01. The van der Waals surface area contributed by atoms with Crippen LogP contribution in [0.5, 0.6) is 0 Å². The lowest BCUT2D eigenvalue weighted by Crippen LogP contribution is -2.54. The van der Waals surface area contributed by atoms with E-state index in [1.54, 1.807) is 0 Å². The van der Waals surface area contributed by atoms with Crippen molar-refractivity contribution >= 4 is 5.78 Å². The minimum atomic E-state index is -0.128. The van der Waals surface area contributed by atoms with Crippen LogP contribution < -0.4 is 0 Å². The van der Waals surface area contributed by atoms with Gasteiger partial charge < -0.3 is 5.11 Å². The maximum Gasteiger partial charge on any atom is 0.155 e. The van der Waals surface area contributed by atoms with E-state index in [0.29, 0.717) is 23.5 Å². The van der Waals surface area contributed by atoms with Crippen LogP contribution in [0, 0.1) is 34.5 Å². The molecule has 5 aliphatic rings. The van der Waals surface area contributed by atoms with Crippen molar-refractivity contribution in [1.82, 2.24) is 0 Å². The number of carbonyl (C=O) groups is 1. The number of rotatable bonds is 0. The van der Waals surface area contributed by atoms with Crippen molar-refractivity contribution in [3.63, 3.8) is 0 Å². The van der Waals surface area contributed by atoms with Crippen LogP contribution >= 0.6 is 0 Å². The molecule has 114 valence electrons. The molecule has 1 spiro atoms. The number of fused-ring (bicyclic) bond motifs is 4. The molecular formula is C19H26O2. The maximum atomic E-state index is 11.8. The second-order valence-corrected chi connectivity index (χ2v) is 8.87. The first kappa shape index (κ1) is 12.9. The van der Waals surface area contributed by atoms with Crippen molar-refractivity contribution in [3.05, 3.63) is 11.6 Å². The lowest BCUT2D eigenvalue weighted by molar-refractivity contribution is -0.122. The summed E-state index contributed by atoms with van der Waals surface area (Å²) in [7, 11) is 0. The van der Waals surface area contributed by atoms with Gasteiger partial charge in [-0.25, -0.2) is 0 Å². The van der Waals surface area contributed by atoms with Gasteiger partial charge in [-0.15, -0.1) is 0 Å². The first-order valence-electron chi connectivity index (χ1n) is 8.96. The second kappa shape index (κ2) is 3.82. The molecule has 0 radical (unpaired) electrons. The third-order valence-electron chi connectivity index (χ3n) is 8.27. The molecule has 0 aromatic carbocycles. The Kier molecular flexibility index (Phi) is 2.34. The highest BCUT2D eigenvalue weighted by Crippen LogP contribution is 2.76. The highest BCUT2D eigenvalue weighted by molar-refractivity contribution is 5.91. The molecule has 0 aromatic heterocycles. The van der Waals surface area contributed by atoms with E-state index in [-0.39, 0.29) is 11.5 Å². The average Bonchev–Trinajstić information content (AvgIpc) is 3.01. The molecule has 7 unspecified atom stereocenters. The summed E-state index contributed by atoms with van der Waals surface area (Å²) in [6.07, 6.45) is 11.1. The van der Waals surface area contributed by atoms with E-state index >= 15 is 0 Å². The fourth-order valence-corrected chi connectivity index (χ4v) is 7.32. The summed E-state index contributed by atoms with van der Waals surface area (Å²) >= 11 is 0. The molecule has 21 heavy (non-hydrogen) atoms. The van der Waals surface area contributed by atoms with Crippen LogP contribution in [-0.4, -0.2) is 17.0 Å². The predicted molar refractivity (Wildman–Crippen MR) is 80.5 cm³/mol. The minimum Gasteiger partial charge on any atom is -0.393 e. The first-order chi connectivity index (χ1) is 10.0. The summed E-state index contributed by atoms with van der Waals surface area (Å²) in [5.74, 6) is 3.27. The highest BCUT2D eigenvalue weighted by Gasteiger charge is 2.70. The molecule has 2 nitrogen and oxygen atoms in total. The van der Waals surface area contributed by atoms with E-state index in [9.17, 15) is 9.90 Å². The Labute approximate surface area is 127 Å². The first-order valence-corrected chi connectivity index (χ1v) is 8.96. The van der Waals surface area contributed by atoms with E-state index in [1.807, 2.05) is 6.08 Å². The third-order valence-corrected chi connectivity index (χ3v) is 8.27. The quantitative estimate of drug-likeness (QED) is 0.740. The number of hydrogen-bond acceptors (Lipinski definition) is 2. The number of carbonyl (C=O) groups excluding carboxylic acids is 1. The van der Waals surface area contributed by atoms with Gasteiger partial charge in [-0.2, -0.15) is 0 Å². The number of hydrogen-bond donors (Lipinski definition) is 1. The molecule has 0 amide bonds. The predicted octanol–water partition coefficient (Wildman–Crippen LogP) is 3.49. The zero-order chi connectivity index (χ0) is 14.4. The highest BCUT2D eigenvalue weighted by atomic mass is 16.3. The van der Waals surface area contributed by atoms with E-state index < -0.39 is 0 Å². The molecule has 0 aliphatic heterocycles. The Morgan fingerprint density at radius 1 is 1.19 bits per heavy atom. The Balaban J connectivity index is 1.56. The van der Waals surface area contributed by atoms with Crippen molar-refractivity contribution in [2.24, 2.45) is 34.5 Å². The summed E-state index contributed by atoms with van der Waals surface area (Å²) in [6, 6.07) is 0. The van der Waals surface area contributed by atoms with Gasteiger partial charge in [0.1, 0.15) is 0 Å². The SMILES string of the molecule is CC12CCC(=O)C=C1CCC1C2C(O)CC23CC2CCC13. The van der Waals surface area contributed by atoms with Crippen molar-refractivity contribution < 1.29 is 9.90 Å². The number of aliphatic hydroxyl groups excluding tert-OH is 1. The summed E-state index contributed by atoms with van der Waals surface area (Å²) in [6.45, 7) is 2.35. The minimum absolute atomic E-state index is 0.102. The number of ketones is 1. The standard InChI is InChI=1S/C19H26O2/c1-18-7-6-13(20)8-11(18)2-4-14-15-5-3-12-9-19(12,15)10-16(21)17(14)18/h8,12,14-17,21H,2-7,9-10H2,1H3. The van der Waals surface area contributed by atoms with Crippen molar-refractivity contribution in [3.8, 4) is 0 Å². The molecule has 0 bridgehead atoms. The molecule has 7 atom stereocenters. The molecule has 4 fully saturated rings. The summed E-state index contributed by atoms with van der Waals surface area (Å²) in [4.78, 5) is 11.8. The molecule has 1 N–H and O–H groups in total. The van der Waals surface area contributed by atoms with Crippen LogP contribution in [-0.2, 0) is 4.79 Å². The molecule has 2 heteroatoms. The fraction of sp³-hybridized carbons (Fsp3) is 0.842. The second-order valence-electron chi connectivity index (χ2n) is 8.87. The summed E-state index contributed by atoms with van der Waals surface area (Å²) in [5, 5.41) is 11.0. The average molecular weight is 286 g/mol. The van der Waals surface area contributed by atoms with Gasteiger partial charge in [0.05, 0.1) is 6.10 Å². The third kappa shape index (κ3) is 1.46. The number of allylic oxidation sites excluding steroid dienone is 1. The van der Waals surface area contributed by atoms with Crippen molar-refractivity contribution in [2.75, 3.05) is 0 Å². The van der Waals surface area contributed by atoms with Crippen molar-refractivity contribution in [1.29, 1.82) is 0 Å². The zero-order valence-electron chi connectivity index (χ0n) is 13.0. The van der Waals surface area contributed by atoms with Crippen LogP contribution in [0.4, 0.5) is 0 Å². The molecule has 4 saturated carbocycles. The molecule has 5 aliphatic carbocycles. The van der Waals surface area contributed by atoms with E-state index in [4.69, 9.17) is 0 Å². The van der Waals surface area contributed by atoms with Gasteiger partial charge in [0.25, 0.3) is 0 Å². The Hall–Kier alpha value is -0.630. The lowest BCUT2D eigenvalue weighted by atomic mass is 9.48. The molecule has 0 heterocycles.